The van der Waals surface area contributed by atoms with Crippen LogP contribution in [-0.2, 0) is 25.6 Å². The number of hydrogen-bond acceptors (Lipinski definition) is 6. The molecule has 0 aliphatic carbocycles. The molecule has 6 N–H and O–H groups in total. The van der Waals surface area contributed by atoms with E-state index in [-0.39, 0.29) is 24.0 Å². The van der Waals surface area contributed by atoms with E-state index in [1.165, 1.54) is 17.0 Å². The Balaban J connectivity index is 2.28. The van der Waals surface area contributed by atoms with E-state index < -0.39 is 47.9 Å². The number of phenolic OH excluding ortho intramolecular Hbond substituents is 1. The molecule has 1 saturated heterocycles. The smallest absolute Gasteiger partial charge is 0.326 e. The molecule has 0 radical (unpaired) electrons. The quantitative estimate of drug-likeness (QED) is 0.309. The molecule has 0 spiro atoms. The number of hydrogen-bond donors (Lipinski definition) is 5. The number of nitrogens with two attached hydrogens (primary N) is 1. The first-order valence-corrected chi connectivity index (χ1v) is 12.1. The highest BCUT2D eigenvalue weighted by atomic mass is 16.4. The van der Waals surface area contributed by atoms with Crippen molar-refractivity contribution >= 4 is 23.7 Å². The highest BCUT2D eigenvalue weighted by Crippen LogP contribution is 2.22. The summed E-state index contributed by atoms with van der Waals surface area (Å²) < 4.78 is 0. The Morgan fingerprint density at radius 3 is 2.26 bits per heavy atom. The number of carbonyl (C=O) groups excluding carboxylic acids is 3. The summed E-state index contributed by atoms with van der Waals surface area (Å²) in [5, 5.41) is 24.5. The lowest BCUT2D eigenvalue weighted by Crippen LogP contribution is -2.59. The van der Waals surface area contributed by atoms with Crippen molar-refractivity contribution in [3.63, 3.8) is 0 Å². The van der Waals surface area contributed by atoms with Crippen LogP contribution in [0.3, 0.4) is 0 Å². The van der Waals surface area contributed by atoms with E-state index in [2.05, 4.69) is 10.6 Å². The predicted octanol–water partition coefficient (Wildman–Crippen LogP) is 1.01. The Kier molecular flexibility index (Phi) is 10.1. The number of carboxylic acid groups (broad SMARTS) is 1. The van der Waals surface area contributed by atoms with Crippen molar-refractivity contribution in [2.45, 2.75) is 77.5 Å². The van der Waals surface area contributed by atoms with Gasteiger partial charge in [-0.1, -0.05) is 46.2 Å². The van der Waals surface area contributed by atoms with Gasteiger partial charge in [-0.15, -0.1) is 0 Å². The first-order valence-electron chi connectivity index (χ1n) is 12.1. The van der Waals surface area contributed by atoms with Gasteiger partial charge >= 0.3 is 5.97 Å². The van der Waals surface area contributed by atoms with Crippen LogP contribution < -0.4 is 16.4 Å². The number of rotatable bonds is 11. The zero-order chi connectivity index (χ0) is 26.3. The molecule has 5 atom stereocenters. The van der Waals surface area contributed by atoms with Gasteiger partial charge in [0.25, 0.3) is 0 Å². The van der Waals surface area contributed by atoms with Crippen molar-refractivity contribution in [1.82, 2.24) is 15.5 Å². The third-order valence-corrected chi connectivity index (χ3v) is 6.63. The van der Waals surface area contributed by atoms with E-state index >= 15 is 0 Å². The summed E-state index contributed by atoms with van der Waals surface area (Å²) in [4.78, 5) is 52.4. The second kappa shape index (κ2) is 12.5. The molecule has 1 heterocycles. The van der Waals surface area contributed by atoms with Crippen molar-refractivity contribution in [2.24, 2.45) is 17.6 Å². The van der Waals surface area contributed by atoms with Crippen LogP contribution >= 0.6 is 0 Å². The molecule has 194 valence electrons. The third kappa shape index (κ3) is 7.42. The van der Waals surface area contributed by atoms with Crippen LogP contribution in [-0.4, -0.2) is 69.5 Å². The number of phenols is 1. The van der Waals surface area contributed by atoms with Gasteiger partial charge in [-0.2, -0.15) is 0 Å². The van der Waals surface area contributed by atoms with E-state index in [1.807, 2.05) is 13.8 Å². The van der Waals surface area contributed by atoms with Crippen LogP contribution in [0.15, 0.2) is 24.3 Å². The van der Waals surface area contributed by atoms with E-state index in [4.69, 9.17) is 5.73 Å². The summed E-state index contributed by atoms with van der Waals surface area (Å²) in [7, 11) is 0. The van der Waals surface area contributed by atoms with Crippen molar-refractivity contribution in [3.05, 3.63) is 29.8 Å². The predicted molar refractivity (Wildman–Crippen MR) is 130 cm³/mol. The van der Waals surface area contributed by atoms with Crippen molar-refractivity contribution in [1.29, 1.82) is 0 Å². The van der Waals surface area contributed by atoms with Gasteiger partial charge in [0, 0.05) is 13.0 Å². The lowest BCUT2D eigenvalue weighted by Gasteiger charge is -2.31. The molecule has 1 aliphatic rings. The first kappa shape index (κ1) is 28.1. The Morgan fingerprint density at radius 1 is 1.09 bits per heavy atom. The molecule has 10 nitrogen and oxygen atoms in total. The van der Waals surface area contributed by atoms with Gasteiger partial charge in [0.1, 0.15) is 23.9 Å². The summed E-state index contributed by atoms with van der Waals surface area (Å²) >= 11 is 0. The van der Waals surface area contributed by atoms with Gasteiger partial charge in [0.15, 0.2) is 0 Å². The van der Waals surface area contributed by atoms with Gasteiger partial charge in [0.05, 0.1) is 6.04 Å². The highest BCUT2D eigenvalue weighted by molar-refractivity contribution is 5.94. The fourth-order valence-corrected chi connectivity index (χ4v) is 4.05. The maximum absolute atomic E-state index is 13.4. The fraction of sp³-hybridized carbons (Fsp3) is 0.600. The summed E-state index contributed by atoms with van der Waals surface area (Å²) in [5.74, 6) is -2.89. The first-order chi connectivity index (χ1) is 16.5. The van der Waals surface area contributed by atoms with Crippen molar-refractivity contribution in [3.8, 4) is 5.75 Å². The van der Waals surface area contributed by atoms with Gasteiger partial charge in [0.2, 0.25) is 17.7 Å². The summed E-state index contributed by atoms with van der Waals surface area (Å²) in [6.07, 6.45) is 1.65. The number of amides is 3. The molecule has 0 bridgehead atoms. The molecular weight excluding hydrogens is 452 g/mol. The van der Waals surface area contributed by atoms with Gasteiger partial charge in [-0.05, 0) is 42.4 Å². The van der Waals surface area contributed by atoms with Crippen LogP contribution in [0.25, 0.3) is 0 Å². The number of carboxylic acids is 1. The van der Waals surface area contributed by atoms with Crippen LogP contribution in [0, 0.1) is 11.8 Å². The fourth-order valence-electron chi connectivity index (χ4n) is 4.05. The number of benzene rings is 1. The van der Waals surface area contributed by atoms with Crippen LogP contribution in [0.5, 0.6) is 5.75 Å². The maximum Gasteiger partial charge on any atom is 0.326 e. The van der Waals surface area contributed by atoms with Crippen molar-refractivity contribution < 1.29 is 29.4 Å². The molecule has 5 unspecified atom stereocenters. The number of aliphatic carboxylic acids is 1. The number of nitrogens with one attached hydrogen (secondary N) is 2. The Bertz CT molecular complexity index is 904. The lowest BCUT2D eigenvalue weighted by molar-refractivity contribution is -0.150. The topological polar surface area (TPSA) is 162 Å². The summed E-state index contributed by atoms with van der Waals surface area (Å²) in [5.41, 5.74) is 6.67. The average Bonchev–Trinajstić information content (AvgIpc) is 3.32. The molecule has 1 aromatic rings. The normalized spacial score (nSPS) is 19.0. The monoisotopic (exact) mass is 490 g/mol. The molecular formula is C25H38N4O6. The Morgan fingerprint density at radius 2 is 1.71 bits per heavy atom. The number of nitrogens with zero attached hydrogens (tertiary/aromatic N) is 1. The van der Waals surface area contributed by atoms with Crippen LogP contribution in [0.1, 0.15) is 52.5 Å². The lowest BCUT2D eigenvalue weighted by atomic mass is 9.96. The minimum atomic E-state index is -1.06. The standard InChI is InChI=1S/C25H38N4O6/c1-5-15(4)21(24(33)29-12-6-7-19(29)25(34)35)28-22(31)18(27-23(32)20(26)14(2)3)13-16-8-10-17(30)11-9-16/h8-11,14-15,18-21,30H,5-7,12-13,26H2,1-4H3,(H,27,32)(H,28,31)(H,34,35). The largest absolute Gasteiger partial charge is 0.508 e. The Hall–Kier alpha value is -3.14. The summed E-state index contributed by atoms with van der Waals surface area (Å²) in [6.45, 7) is 7.61. The molecule has 1 aliphatic heterocycles. The molecule has 1 fully saturated rings. The van der Waals surface area contributed by atoms with Gasteiger partial charge in [-0.25, -0.2) is 4.79 Å². The van der Waals surface area contributed by atoms with Crippen LogP contribution in [0.4, 0.5) is 0 Å². The van der Waals surface area contributed by atoms with E-state index in [0.29, 0.717) is 31.4 Å². The van der Waals surface area contributed by atoms with E-state index in [0.717, 1.165) is 0 Å². The zero-order valence-electron chi connectivity index (χ0n) is 20.9. The molecule has 2 rings (SSSR count). The molecule has 1 aromatic carbocycles. The zero-order valence-corrected chi connectivity index (χ0v) is 20.9. The van der Waals surface area contributed by atoms with Crippen LogP contribution in [0.2, 0.25) is 0 Å². The highest BCUT2D eigenvalue weighted by Gasteiger charge is 2.40. The molecule has 10 heteroatoms. The number of aromatic hydroxyl groups is 1. The molecule has 0 saturated carbocycles. The maximum atomic E-state index is 13.4. The van der Waals surface area contributed by atoms with Gasteiger partial charge < -0.3 is 31.5 Å². The second-order valence-electron chi connectivity index (χ2n) is 9.60. The minimum absolute atomic E-state index is 0.0710. The Labute approximate surface area is 206 Å². The second-order valence-corrected chi connectivity index (χ2v) is 9.60. The SMILES string of the molecule is CCC(C)C(NC(=O)C(Cc1ccc(O)cc1)NC(=O)C(N)C(C)C)C(=O)N1CCCC1C(=O)O. The summed E-state index contributed by atoms with van der Waals surface area (Å²) in [6, 6.07) is 2.55. The van der Waals surface area contributed by atoms with Gasteiger partial charge in [-0.3, -0.25) is 14.4 Å². The number of carbonyl (C=O) groups is 4. The van der Waals surface area contributed by atoms with E-state index in [1.54, 1.807) is 26.0 Å². The minimum Gasteiger partial charge on any atom is -0.508 e. The number of likely N-dealkylation sites (tertiary alicyclic amines) is 1. The third-order valence-electron chi connectivity index (χ3n) is 6.63. The average molecular weight is 491 g/mol. The van der Waals surface area contributed by atoms with Crippen molar-refractivity contribution in [2.75, 3.05) is 6.54 Å². The molecule has 35 heavy (non-hydrogen) atoms. The van der Waals surface area contributed by atoms with E-state index in [9.17, 15) is 29.4 Å². The molecule has 3 amide bonds. The molecule has 0 aromatic heterocycles.